The predicted octanol–water partition coefficient (Wildman–Crippen LogP) is 5.36. The average Bonchev–Trinajstić information content (AvgIpc) is 2.43. The van der Waals surface area contributed by atoms with Crippen molar-refractivity contribution in [1.82, 2.24) is 0 Å². The van der Waals surface area contributed by atoms with Gasteiger partial charge in [-0.05, 0) is 60.9 Å². The number of nitrogens with zero attached hydrogens (tertiary/aromatic N) is 1. The lowest BCUT2D eigenvalue weighted by molar-refractivity contribution is -0.137. The number of ketones is 1. The molecule has 0 bridgehead atoms. The van der Waals surface area contributed by atoms with Crippen LogP contribution in [0.15, 0.2) is 36.4 Å². The monoisotopic (exact) mass is 367 g/mol. The molecule has 0 saturated carbocycles. The van der Waals surface area contributed by atoms with Gasteiger partial charge in [0.15, 0.2) is 0 Å². The quantitative estimate of drug-likeness (QED) is 0.728. The summed E-state index contributed by atoms with van der Waals surface area (Å²) >= 11 is 5.89. The van der Waals surface area contributed by atoms with Crippen molar-refractivity contribution in [3.05, 3.63) is 52.5 Å². The normalized spacial score (nSPS) is 15.2. The molecule has 1 fully saturated rings. The van der Waals surface area contributed by atoms with Crippen LogP contribution >= 0.6 is 11.6 Å². The number of hydrogen-bond acceptors (Lipinski definition) is 2. The minimum Gasteiger partial charge on any atom is -0.370 e. The standard InChI is InChI=1S/C19H17ClF3NO/c1-11-3-13(7-18(4-11)24-9-15(10-24)12(2)25)14-5-16(19(21,22)23)8-17(20)6-14/h3-8,15H,9-10H2,1-2H3. The van der Waals surface area contributed by atoms with Gasteiger partial charge in [0.05, 0.1) is 11.5 Å². The van der Waals surface area contributed by atoms with E-state index in [9.17, 15) is 18.0 Å². The van der Waals surface area contributed by atoms with Crippen LogP contribution in [0, 0.1) is 12.8 Å². The number of carbonyl (C=O) groups excluding carboxylic acids is 1. The van der Waals surface area contributed by atoms with E-state index < -0.39 is 11.7 Å². The minimum absolute atomic E-state index is 0.0342. The molecule has 0 atom stereocenters. The van der Waals surface area contributed by atoms with Gasteiger partial charge in [-0.25, -0.2) is 0 Å². The molecular weight excluding hydrogens is 351 g/mol. The lowest BCUT2D eigenvalue weighted by Crippen LogP contribution is -2.49. The van der Waals surface area contributed by atoms with Crippen LogP contribution in [0.1, 0.15) is 18.1 Å². The van der Waals surface area contributed by atoms with E-state index in [0.29, 0.717) is 24.2 Å². The van der Waals surface area contributed by atoms with Crippen LogP contribution in [0.3, 0.4) is 0 Å². The van der Waals surface area contributed by atoms with E-state index in [0.717, 1.165) is 23.4 Å². The predicted molar refractivity (Wildman–Crippen MR) is 93.0 cm³/mol. The van der Waals surface area contributed by atoms with Crippen molar-refractivity contribution in [2.75, 3.05) is 18.0 Å². The summed E-state index contributed by atoms with van der Waals surface area (Å²) in [4.78, 5) is 13.4. The third-order valence-electron chi connectivity index (χ3n) is 4.44. The van der Waals surface area contributed by atoms with E-state index in [-0.39, 0.29) is 16.7 Å². The molecule has 0 aromatic heterocycles. The Balaban J connectivity index is 1.96. The van der Waals surface area contributed by atoms with Gasteiger partial charge in [-0.3, -0.25) is 4.79 Å². The van der Waals surface area contributed by atoms with Crippen molar-refractivity contribution in [3.63, 3.8) is 0 Å². The lowest BCUT2D eigenvalue weighted by Gasteiger charge is -2.40. The molecule has 0 amide bonds. The zero-order valence-corrected chi connectivity index (χ0v) is 14.6. The molecule has 132 valence electrons. The summed E-state index contributed by atoms with van der Waals surface area (Å²) in [5.41, 5.74) is 2.18. The molecule has 1 heterocycles. The maximum absolute atomic E-state index is 13.0. The summed E-state index contributed by atoms with van der Waals surface area (Å²) in [6, 6.07) is 9.21. The van der Waals surface area contributed by atoms with E-state index in [2.05, 4.69) is 4.90 Å². The summed E-state index contributed by atoms with van der Waals surface area (Å²) in [5.74, 6) is 0.195. The molecule has 0 unspecified atom stereocenters. The largest absolute Gasteiger partial charge is 0.416 e. The van der Waals surface area contributed by atoms with Gasteiger partial charge in [0.1, 0.15) is 5.78 Å². The summed E-state index contributed by atoms with van der Waals surface area (Å²) < 4.78 is 39.1. The average molecular weight is 368 g/mol. The van der Waals surface area contributed by atoms with Gasteiger partial charge in [-0.15, -0.1) is 0 Å². The van der Waals surface area contributed by atoms with Crippen LogP contribution in [-0.2, 0) is 11.0 Å². The molecule has 0 radical (unpaired) electrons. The minimum atomic E-state index is -4.45. The summed E-state index contributed by atoms with van der Waals surface area (Å²) in [5, 5.41) is 0.0495. The highest BCUT2D eigenvalue weighted by Crippen LogP contribution is 2.36. The number of hydrogen-bond donors (Lipinski definition) is 0. The van der Waals surface area contributed by atoms with Crippen LogP contribution in [0.5, 0.6) is 0 Å². The van der Waals surface area contributed by atoms with E-state index in [1.54, 1.807) is 6.92 Å². The number of anilines is 1. The first kappa shape index (κ1) is 17.8. The SMILES string of the molecule is CC(=O)C1CN(c2cc(C)cc(-c3cc(Cl)cc(C(F)(F)F)c3)c2)C1. The van der Waals surface area contributed by atoms with Gasteiger partial charge in [-0.2, -0.15) is 13.2 Å². The molecule has 0 aliphatic carbocycles. The zero-order chi connectivity index (χ0) is 18.4. The van der Waals surface area contributed by atoms with Crippen molar-refractivity contribution >= 4 is 23.1 Å². The molecule has 2 aromatic rings. The molecule has 2 aromatic carbocycles. The Kier molecular flexibility index (Phi) is 4.54. The first-order valence-electron chi connectivity index (χ1n) is 7.89. The molecule has 1 aliphatic rings. The second-order valence-electron chi connectivity index (χ2n) is 6.50. The number of benzene rings is 2. The molecule has 2 nitrogen and oxygen atoms in total. The van der Waals surface area contributed by atoms with E-state index in [1.807, 2.05) is 25.1 Å². The van der Waals surface area contributed by atoms with E-state index in [1.165, 1.54) is 6.07 Å². The van der Waals surface area contributed by atoms with Crippen LogP contribution in [-0.4, -0.2) is 18.9 Å². The van der Waals surface area contributed by atoms with Crippen molar-refractivity contribution in [2.24, 2.45) is 5.92 Å². The Labute approximate surface area is 149 Å². The molecule has 1 aliphatic heterocycles. The molecule has 1 saturated heterocycles. The fourth-order valence-electron chi connectivity index (χ4n) is 2.98. The number of rotatable bonds is 3. The Bertz CT molecular complexity index is 826. The van der Waals surface area contributed by atoms with Crippen LogP contribution in [0.4, 0.5) is 18.9 Å². The fourth-order valence-corrected chi connectivity index (χ4v) is 3.21. The summed E-state index contributed by atoms with van der Waals surface area (Å²) in [6.45, 7) is 4.75. The number of aryl methyl sites for hydroxylation is 1. The van der Waals surface area contributed by atoms with Gasteiger partial charge < -0.3 is 4.90 Å². The second kappa shape index (κ2) is 6.37. The van der Waals surface area contributed by atoms with Gasteiger partial charge in [0, 0.05) is 23.8 Å². The summed E-state index contributed by atoms with van der Waals surface area (Å²) in [6.07, 6.45) is -4.45. The first-order valence-corrected chi connectivity index (χ1v) is 8.26. The number of halogens is 4. The molecule has 25 heavy (non-hydrogen) atoms. The van der Waals surface area contributed by atoms with Gasteiger partial charge >= 0.3 is 6.18 Å². The van der Waals surface area contributed by atoms with Crippen molar-refractivity contribution in [2.45, 2.75) is 20.0 Å². The third-order valence-corrected chi connectivity index (χ3v) is 4.66. The second-order valence-corrected chi connectivity index (χ2v) is 6.93. The maximum atomic E-state index is 13.0. The Morgan fingerprint density at radius 2 is 1.72 bits per heavy atom. The van der Waals surface area contributed by atoms with Crippen molar-refractivity contribution in [1.29, 1.82) is 0 Å². The van der Waals surface area contributed by atoms with Gasteiger partial charge in [0.2, 0.25) is 0 Å². The highest BCUT2D eigenvalue weighted by Gasteiger charge is 2.32. The highest BCUT2D eigenvalue weighted by molar-refractivity contribution is 6.31. The van der Waals surface area contributed by atoms with E-state index in [4.69, 9.17) is 11.6 Å². The van der Waals surface area contributed by atoms with Crippen LogP contribution in [0.25, 0.3) is 11.1 Å². The number of carbonyl (C=O) groups is 1. The van der Waals surface area contributed by atoms with Crippen molar-refractivity contribution in [3.8, 4) is 11.1 Å². The summed E-state index contributed by atoms with van der Waals surface area (Å²) in [7, 11) is 0. The fraction of sp³-hybridized carbons (Fsp3) is 0.316. The Morgan fingerprint density at radius 1 is 1.08 bits per heavy atom. The topological polar surface area (TPSA) is 20.3 Å². The zero-order valence-electron chi connectivity index (χ0n) is 13.8. The first-order chi connectivity index (χ1) is 11.6. The smallest absolute Gasteiger partial charge is 0.370 e. The highest BCUT2D eigenvalue weighted by atomic mass is 35.5. The Hall–Kier alpha value is -2.01. The van der Waals surface area contributed by atoms with Crippen LogP contribution < -0.4 is 4.90 Å². The molecule has 3 rings (SSSR count). The molecule has 6 heteroatoms. The Morgan fingerprint density at radius 3 is 2.32 bits per heavy atom. The lowest BCUT2D eigenvalue weighted by atomic mass is 9.93. The van der Waals surface area contributed by atoms with Crippen molar-refractivity contribution < 1.29 is 18.0 Å². The third kappa shape index (κ3) is 3.82. The van der Waals surface area contributed by atoms with Gasteiger partial charge in [-0.1, -0.05) is 17.7 Å². The number of Topliss-reactive ketones (excluding diaryl/α,β-unsaturated/α-hetero) is 1. The molecule has 0 N–H and O–H groups in total. The molecule has 0 spiro atoms. The maximum Gasteiger partial charge on any atom is 0.416 e. The van der Waals surface area contributed by atoms with Crippen LogP contribution in [0.2, 0.25) is 5.02 Å². The van der Waals surface area contributed by atoms with Gasteiger partial charge in [0.25, 0.3) is 0 Å². The van der Waals surface area contributed by atoms with E-state index >= 15 is 0 Å². The molecular formula is C19H17ClF3NO. The number of alkyl halides is 3.